The second-order valence-electron chi connectivity index (χ2n) is 3.50. The van der Waals surface area contributed by atoms with Crippen LogP contribution in [0.2, 0.25) is 0 Å². The predicted molar refractivity (Wildman–Crippen MR) is 35.1 cm³/mol. The van der Waals surface area contributed by atoms with Gasteiger partial charge in [-0.3, -0.25) is 0 Å². The number of hydrogen-bond acceptors (Lipinski definition) is 1. The molecule has 1 nitrogen and oxygen atoms in total. The van der Waals surface area contributed by atoms with E-state index in [1.165, 1.54) is 38.4 Å². The van der Waals surface area contributed by atoms with Crippen LogP contribution in [0.3, 0.4) is 0 Å². The minimum Gasteiger partial charge on any atom is -0.303 e. The highest BCUT2D eigenvalue weighted by molar-refractivity contribution is 5.56. The average molecular weight is 124 g/mol. The van der Waals surface area contributed by atoms with Gasteiger partial charge >= 0.3 is 0 Å². The molecule has 0 saturated heterocycles. The first-order valence-electron chi connectivity index (χ1n) is 3.83. The zero-order chi connectivity index (χ0) is 6.32. The molecular weight excluding hydrogens is 112 g/mol. The maximum atomic E-state index is 10.5. The molecule has 0 heterocycles. The Morgan fingerprint density at radius 2 is 2.11 bits per heavy atom. The standard InChI is InChI=1S/C8H12O/c9-6-7-2-1-3-8(7)4-5-8/h6-7H,1-5H2/t7-/m0/s1. The van der Waals surface area contributed by atoms with Crippen LogP contribution in [-0.4, -0.2) is 6.29 Å². The molecule has 0 bridgehead atoms. The van der Waals surface area contributed by atoms with E-state index in [4.69, 9.17) is 0 Å². The van der Waals surface area contributed by atoms with Crippen LogP contribution in [0.4, 0.5) is 0 Å². The van der Waals surface area contributed by atoms with E-state index in [9.17, 15) is 4.79 Å². The lowest BCUT2D eigenvalue weighted by atomic mass is 9.95. The summed E-state index contributed by atoms with van der Waals surface area (Å²) in [6.45, 7) is 0. The Hall–Kier alpha value is -0.330. The lowest BCUT2D eigenvalue weighted by molar-refractivity contribution is -0.112. The molecule has 1 spiro atoms. The normalized spacial score (nSPS) is 37.1. The van der Waals surface area contributed by atoms with Gasteiger partial charge in [-0.05, 0) is 31.1 Å². The molecule has 1 heteroatoms. The predicted octanol–water partition coefficient (Wildman–Crippen LogP) is 1.77. The van der Waals surface area contributed by atoms with Gasteiger partial charge in [0.25, 0.3) is 0 Å². The molecule has 0 amide bonds. The fourth-order valence-corrected chi connectivity index (χ4v) is 2.16. The molecule has 2 aliphatic carbocycles. The molecule has 1 atom stereocenters. The summed E-state index contributed by atoms with van der Waals surface area (Å²) in [4.78, 5) is 10.5. The summed E-state index contributed by atoms with van der Waals surface area (Å²) < 4.78 is 0. The summed E-state index contributed by atoms with van der Waals surface area (Å²) in [5.74, 6) is 0.442. The van der Waals surface area contributed by atoms with Crippen LogP contribution >= 0.6 is 0 Å². The van der Waals surface area contributed by atoms with Crippen LogP contribution in [0.1, 0.15) is 32.1 Å². The summed E-state index contributed by atoms with van der Waals surface area (Å²) in [5, 5.41) is 0. The van der Waals surface area contributed by atoms with E-state index in [0.717, 1.165) is 0 Å². The van der Waals surface area contributed by atoms with Crippen molar-refractivity contribution in [2.24, 2.45) is 11.3 Å². The Kier molecular flexibility index (Phi) is 0.961. The molecule has 0 aromatic rings. The Morgan fingerprint density at radius 1 is 1.33 bits per heavy atom. The van der Waals surface area contributed by atoms with Gasteiger partial charge < -0.3 is 4.79 Å². The zero-order valence-electron chi connectivity index (χ0n) is 5.60. The summed E-state index contributed by atoms with van der Waals surface area (Å²) in [6, 6.07) is 0. The molecule has 0 N–H and O–H groups in total. The van der Waals surface area contributed by atoms with Crippen molar-refractivity contribution in [3.8, 4) is 0 Å². The Bertz CT molecular complexity index is 136. The third kappa shape index (κ3) is 0.637. The summed E-state index contributed by atoms with van der Waals surface area (Å²) in [7, 11) is 0. The van der Waals surface area contributed by atoms with E-state index in [-0.39, 0.29) is 0 Å². The SMILES string of the molecule is O=C[C@@H]1CCCC12CC2. The molecule has 0 unspecified atom stereocenters. The maximum Gasteiger partial charge on any atom is 0.123 e. The van der Waals surface area contributed by atoms with Crippen molar-refractivity contribution >= 4 is 6.29 Å². The van der Waals surface area contributed by atoms with Crippen molar-refractivity contribution < 1.29 is 4.79 Å². The molecule has 2 fully saturated rings. The van der Waals surface area contributed by atoms with Gasteiger partial charge in [-0.2, -0.15) is 0 Å². The lowest BCUT2D eigenvalue weighted by Gasteiger charge is -2.08. The van der Waals surface area contributed by atoms with Crippen molar-refractivity contribution in [3.63, 3.8) is 0 Å². The molecule has 2 aliphatic rings. The first-order chi connectivity index (χ1) is 4.37. The molecular formula is C8H12O. The van der Waals surface area contributed by atoms with Gasteiger partial charge in [0.15, 0.2) is 0 Å². The zero-order valence-corrected chi connectivity index (χ0v) is 5.60. The van der Waals surface area contributed by atoms with E-state index in [1.807, 2.05) is 0 Å². The van der Waals surface area contributed by atoms with E-state index in [2.05, 4.69) is 0 Å². The van der Waals surface area contributed by atoms with Crippen LogP contribution in [0, 0.1) is 11.3 Å². The van der Waals surface area contributed by atoms with Crippen molar-refractivity contribution in [2.75, 3.05) is 0 Å². The van der Waals surface area contributed by atoms with E-state index >= 15 is 0 Å². The van der Waals surface area contributed by atoms with Gasteiger partial charge in [0, 0.05) is 5.92 Å². The molecule has 50 valence electrons. The highest BCUT2D eigenvalue weighted by Gasteiger charge is 2.51. The molecule has 0 radical (unpaired) electrons. The lowest BCUT2D eigenvalue weighted by Crippen LogP contribution is -2.08. The number of hydrogen-bond donors (Lipinski definition) is 0. The highest BCUT2D eigenvalue weighted by atomic mass is 16.1. The van der Waals surface area contributed by atoms with Gasteiger partial charge in [-0.15, -0.1) is 0 Å². The quantitative estimate of drug-likeness (QED) is 0.487. The average Bonchev–Trinajstić information content (AvgIpc) is 2.45. The number of carbonyl (C=O) groups is 1. The summed E-state index contributed by atoms with van der Waals surface area (Å²) in [5.41, 5.74) is 0.543. The second-order valence-corrected chi connectivity index (χ2v) is 3.50. The topological polar surface area (TPSA) is 17.1 Å². The van der Waals surface area contributed by atoms with Gasteiger partial charge in [0.1, 0.15) is 6.29 Å². The molecule has 0 aliphatic heterocycles. The van der Waals surface area contributed by atoms with Crippen molar-refractivity contribution in [2.45, 2.75) is 32.1 Å². The number of aldehydes is 1. The van der Waals surface area contributed by atoms with Gasteiger partial charge in [0.2, 0.25) is 0 Å². The number of rotatable bonds is 1. The van der Waals surface area contributed by atoms with Crippen LogP contribution in [0.25, 0.3) is 0 Å². The van der Waals surface area contributed by atoms with Gasteiger partial charge in [0.05, 0.1) is 0 Å². The molecule has 0 aromatic heterocycles. The van der Waals surface area contributed by atoms with E-state index in [1.54, 1.807) is 0 Å². The Labute approximate surface area is 55.4 Å². The third-order valence-corrected chi connectivity index (χ3v) is 3.03. The molecule has 2 saturated carbocycles. The van der Waals surface area contributed by atoms with Crippen LogP contribution in [-0.2, 0) is 4.79 Å². The van der Waals surface area contributed by atoms with E-state index < -0.39 is 0 Å². The fourth-order valence-electron chi connectivity index (χ4n) is 2.16. The Balaban J connectivity index is 2.13. The monoisotopic (exact) mass is 124 g/mol. The highest BCUT2D eigenvalue weighted by Crippen LogP contribution is 2.60. The maximum absolute atomic E-state index is 10.5. The van der Waals surface area contributed by atoms with Crippen LogP contribution in [0.5, 0.6) is 0 Å². The largest absolute Gasteiger partial charge is 0.303 e. The first-order valence-corrected chi connectivity index (χ1v) is 3.83. The van der Waals surface area contributed by atoms with Crippen molar-refractivity contribution in [3.05, 3.63) is 0 Å². The fraction of sp³-hybridized carbons (Fsp3) is 0.875. The van der Waals surface area contributed by atoms with Gasteiger partial charge in [-0.25, -0.2) is 0 Å². The molecule has 9 heavy (non-hydrogen) atoms. The van der Waals surface area contributed by atoms with Crippen molar-refractivity contribution in [1.29, 1.82) is 0 Å². The molecule has 2 rings (SSSR count). The summed E-state index contributed by atoms with van der Waals surface area (Å²) in [6.07, 6.45) is 7.64. The molecule has 0 aromatic carbocycles. The van der Waals surface area contributed by atoms with Crippen molar-refractivity contribution in [1.82, 2.24) is 0 Å². The van der Waals surface area contributed by atoms with Crippen LogP contribution in [0.15, 0.2) is 0 Å². The van der Waals surface area contributed by atoms with Crippen LogP contribution < -0.4 is 0 Å². The van der Waals surface area contributed by atoms with Gasteiger partial charge in [-0.1, -0.05) is 6.42 Å². The summed E-state index contributed by atoms with van der Waals surface area (Å²) >= 11 is 0. The van der Waals surface area contributed by atoms with E-state index in [0.29, 0.717) is 11.3 Å². The smallest absolute Gasteiger partial charge is 0.123 e. The second kappa shape index (κ2) is 1.59. The Morgan fingerprint density at radius 3 is 2.56 bits per heavy atom. The minimum absolute atomic E-state index is 0.442. The third-order valence-electron chi connectivity index (χ3n) is 3.03. The number of carbonyl (C=O) groups excluding carboxylic acids is 1. The first kappa shape index (κ1) is 5.45. The minimum atomic E-state index is 0.442.